The van der Waals surface area contributed by atoms with Crippen molar-refractivity contribution >= 4 is 0 Å². The van der Waals surface area contributed by atoms with Gasteiger partial charge >= 0.3 is 0 Å². The molecule has 18 heavy (non-hydrogen) atoms. The zero-order valence-electron chi connectivity index (χ0n) is 12.5. The third-order valence-corrected chi connectivity index (χ3v) is 3.82. The Morgan fingerprint density at radius 3 is 2.83 bits per heavy atom. The van der Waals surface area contributed by atoms with Crippen LogP contribution in [0.25, 0.3) is 0 Å². The Morgan fingerprint density at radius 1 is 1.33 bits per heavy atom. The van der Waals surface area contributed by atoms with E-state index in [1.165, 1.54) is 45.3 Å². The van der Waals surface area contributed by atoms with E-state index in [1.54, 1.807) is 7.11 Å². The fourth-order valence-corrected chi connectivity index (χ4v) is 2.59. The minimum absolute atomic E-state index is 0.787. The summed E-state index contributed by atoms with van der Waals surface area (Å²) in [6.45, 7) is 6.62. The molecule has 1 saturated heterocycles. The Bertz CT molecular complexity index is 201. The Labute approximate surface area is 113 Å². The van der Waals surface area contributed by atoms with Crippen molar-refractivity contribution in [3.05, 3.63) is 0 Å². The molecule has 4 heteroatoms. The smallest absolute Gasteiger partial charge is 0.0587 e. The number of unbranched alkanes of at least 4 members (excludes halogenated alkanes) is 1. The highest BCUT2D eigenvalue weighted by Gasteiger charge is 2.21. The van der Waals surface area contributed by atoms with Crippen molar-refractivity contribution < 1.29 is 4.74 Å². The minimum atomic E-state index is 0.787. The quantitative estimate of drug-likeness (QED) is 0.592. The molecule has 1 N–H and O–H groups in total. The standard InChI is InChI=1S/C14H31N3O/c1-16(13-14-7-6-11-17(14)2)10-5-4-8-15-9-12-18-3/h14-15H,4-13H2,1-3H3. The summed E-state index contributed by atoms with van der Waals surface area (Å²) in [5, 5.41) is 3.39. The summed E-state index contributed by atoms with van der Waals surface area (Å²) >= 11 is 0. The summed E-state index contributed by atoms with van der Waals surface area (Å²) < 4.78 is 5.00. The Kier molecular flexibility index (Phi) is 8.59. The number of likely N-dealkylation sites (tertiary alicyclic amines) is 1. The highest BCUT2D eigenvalue weighted by atomic mass is 16.5. The second-order valence-corrected chi connectivity index (χ2v) is 5.49. The van der Waals surface area contributed by atoms with Crippen LogP contribution in [0.2, 0.25) is 0 Å². The van der Waals surface area contributed by atoms with Crippen LogP contribution in [0.15, 0.2) is 0 Å². The van der Waals surface area contributed by atoms with Gasteiger partial charge in [0.25, 0.3) is 0 Å². The molecule has 0 bridgehead atoms. The maximum Gasteiger partial charge on any atom is 0.0587 e. The number of nitrogens with zero attached hydrogens (tertiary/aromatic N) is 2. The van der Waals surface area contributed by atoms with Crippen molar-refractivity contribution in [2.75, 3.05) is 60.5 Å². The molecular weight excluding hydrogens is 226 g/mol. The van der Waals surface area contributed by atoms with E-state index in [9.17, 15) is 0 Å². The van der Waals surface area contributed by atoms with Crippen molar-refractivity contribution in [3.63, 3.8) is 0 Å². The van der Waals surface area contributed by atoms with E-state index >= 15 is 0 Å². The van der Waals surface area contributed by atoms with Crippen molar-refractivity contribution in [2.24, 2.45) is 0 Å². The van der Waals surface area contributed by atoms with Crippen LogP contribution in [0.3, 0.4) is 0 Å². The van der Waals surface area contributed by atoms with Gasteiger partial charge in [-0.25, -0.2) is 0 Å². The highest BCUT2D eigenvalue weighted by molar-refractivity contribution is 4.78. The highest BCUT2D eigenvalue weighted by Crippen LogP contribution is 2.15. The third-order valence-electron chi connectivity index (χ3n) is 3.82. The molecule has 0 radical (unpaired) electrons. The SMILES string of the molecule is COCCNCCCCN(C)CC1CCCN1C. The summed E-state index contributed by atoms with van der Waals surface area (Å²) in [6.07, 6.45) is 5.29. The summed E-state index contributed by atoms with van der Waals surface area (Å²) in [5.41, 5.74) is 0. The van der Waals surface area contributed by atoms with Crippen LogP contribution in [-0.2, 0) is 4.74 Å². The van der Waals surface area contributed by atoms with Gasteiger partial charge in [0, 0.05) is 26.2 Å². The molecule has 0 aliphatic carbocycles. The molecule has 0 spiro atoms. The van der Waals surface area contributed by atoms with Crippen LogP contribution >= 0.6 is 0 Å². The van der Waals surface area contributed by atoms with E-state index in [0.29, 0.717) is 0 Å². The predicted octanol–water partition coefficient (Wildman–Crippen LogP) is 1.03. The van der Waals surface area contributed by atoms with Gasteiger partial charge in [-0.15, -0.1) is 0 Å². The number of likely N-dealkylation sites (N-methyl/N-ethyl adjacent to an activating group) is 2. The topological polar surface area (TPSA) is 27.7 Å². The summed E-state index contributed by atoms with van der Waals surface area (Å²) in [4.78, 5) is 4.99. The molecule has 1 heterocycles. The molecule has 1 unspecified atom stereocenters. The normalized spacial score (nSPS) is 21.0. The lowest BCUT2D eigenvalue weighted by molar-refractivity contribution is 0.198. The average molecular weight is 257 g/mol. The molecule has 0 saturated carbocycles. The van der Waals surface area contributed by atoms with E-state index in [1.807, 2.05) is 0 Å². The van der Waals surface area contributed by atoms with Gasteiger partial charge in [0.2, 0.25) is 0 Å². The molecule has 0 aromatic carbocycles. The average Bonchev–Trinajstić information content (AvgIpc) is 2.74. The van der Waals surface area contributed by atoms with Crippen LogP contribution < -0.4 is 5.32 Å². The largest absolute Gasteiger partial charge is 0.383 e. The van der Waals surface area contributed by atoms with Gasteiger partial charge < -0.3 is 19.9 Å². The van der Waals surface area contributed by atoms with Crippen molar-refractivity contribution in [1.82, 2.24) is 15.1 Å². The number of nitrogens with one attached hydrogen (secondary N) is 1. The summed E-state index contributed by atoms with van der Waals surface area (Å²) in [5.74, 6) is 0. The molecular formula is C14H31N3O. The molecule has 0 aromatic heterocycles. The molecule has 1 atom stereocenters. The van der Waals surface area contributed by atoms with E-state index < -0.39 is 0 Å². The predicted molar refractivity (Wildman–Crippen MR) is 77.1 cm³/mol. The first kappa shape index (κ1) is 15.9. The fourth-order valence-electron chi connectivity index (χ4n) is 2.59. The van der Waals surface area contributed by atoms with Gasteiger partial charge in [-0.05, 0) is 59.4 Å². The maximum absolute atomic E-state index is 5.00. The zero-order chi connectivity index (χ0) is 13.2. The fraction of sp³-hybridized carbons (Fsp3) is 1.00. The Morgan fingerprint density at radius 2 is 2.17 bits per heavy atom. The van der Waals surface area contributed by atoms with Gasteiger partial charge in [0.1, 0.15) is 0 Å². The number of rotatable bonds is 10. The molecule has 1 rings (SSSR count). The first-order chi connectivity index (χ1) is 8.74. The van der Waals surface area contributed by atoms with Crippen LogP contribution in [0, 0.1) is 0 Å². The van der Waals surface area contributed by atoms with Crippen LogP contribution in [0.1, 0.15) is 25.7 Å². The Balaban J connectivity index is 1.92. The first-order valence-corrected chi connectivity index (χ1v) is 7.32. The molecule has 1 aliphatic heterocycles. The van der Waals surface area contributed by atoms with Gasteiger partial charge in [0.15, 0.2) is 0 Å². The van der Waals surface area contributed by atoms with Gasteiger partial charge in [-0.2, -0.15) is 0 Å². The molecule has 1 aliphatic rings. The Hall–Kier alpha value is -0.160. The van der Waals surface area contributed by atoms with Gasteiger partial charge in [0.05, 0.1) is 6.61 Å². The lowest BCUT2D eigenvalue weighted by Crippen LogP contribution is -2.37. The van der Waals surface area contributed by atoms with Crippen molar-refractivity contribution in [2.45, 2.75) is 31.7 Å². The first-order valence-electron chi connectivity index (χ1n) is 7.32. The number of ether oxygens (including phenoxy) is 1. The third kappa shape index (κ3) is 6.69. The number of hydrogen-bond donors (Lipinski definition) is 1. The maximum atomic E-state index is 5.00. The zero-order valence-corrected chi connectivity index (χ0v) is 12.5. The summed E-state index contributed by atoms with van der Waals surface area (Å²) in [6, 6.07) is 0.787. The number of hydrogen-bond acceptors (Lipinski definition) is 4. The second kappa shape index (κ2) is 9.73. The second-order valence-electron chi connectivity index (χ2n) is 5.49. The molecule has 1 fully saturated rings. The van der Waals surface area contributed by atoms with Crippen molar-refractivity contribution in [1.29, 1.82) is 0 Å². The van der Waals surface area contributed by atoms with E-state index in [-0.39, 0.29) is 0 Å². The van der Waals surface area contributed by atoms with E-state index in [2.05, 4.69) is 29.2 Å². The summed E-state index contributed by atoms with van der Waals surface area (Å²) in [7, 11) is 6.26. The monoisotopic (exact) mass is 257 g/mol. The molecule has 0 aromatic rings. The minimum Gasteiger partial charge on any atom is -0.383 e. The van der Waals surface area contributed by atoms with E-state index in [4.69, 9.17) is 4.74 Å². The molecule has 0 amide bonds. The number of methoxy groups -OCH3 is 1. The molecule has 108 valence electrons. The lowest BCUT2D eigenvalue weighted by atomic mass is 10.2. The lowest BCUT2D eigenvalue weighted by Gasteiger charge is -2.25. The van der Waals surface area contributed by atoms with Gasteiger partial charge in [-0.1, -0.05) is 0 Å². The van der Waals surface area contributed by atoms with Crippen molar-refractivity contribution in [3.8, 4) is 0 Å². The molecule has 4 nitrogen and oxygen atoms in total. The van der Waals surface area contributed by atoms with Gasteiger partial charge in [-0.3, -0.25) is 0 Å². The van der Waals surface area contributed by atoms with Crippen LogP contribution in [-0.4, -0.2) is 76.4 Å². The van der Waals surface area contributed by atoms with E-state index in [0.717, 1.165) is 25.7 Å². The van der Waals surface area contributed by atoms with Crippen LogP contribution in [0.4, 0.5) is 0 Å². The van der Waals surface area contributed by atoms with Crippen LogP contribution in [0.5, 0.6) is 0 Å².